The molecule has 0 saturated heterocycles. The third-order valence-electron chi connectivity index (χ3n) is 1.52. The summed E-state index contributed by atoms with van der Waals surface area (Å²) in [7, 11) is -4.08. The molecular weight excluding hydrogens is 188 g/mol. The van der Waals surface area contributed by atoms with Crippen molar-refractivity contribution in [1.29, 1.82) is 0 Å². The minimum Gasteiger partial charge on any atom is -0.282 e. The summed E-state index contributed by atoms with van der Waals surface area (Å²) < 4.78 is 30.2. The van der Waals surface area contributed by atoms with Gasteiger partial charge in [0.05, 0.1) is 4.90 Å². The highest BCUT2D eigenvalue weighted by Gasteiger charge is 2.07. The second-order valence-electron chi connectivity index (χ2n) is 2.55. The molecule has 0 aliphatic heterocycles. The van der Waals surface area contributed by atoms with E-state index in [0.717, 1.165) is 5.56 Å². The van der Waals surface area contributed by atoms with Gasteiger partial charge < -0.3 is 0 Å². The SMILES string of the molecule is CC=Cc1cccc(S(=O)(=O)O)c1. The van der Waals surface area contributed by atoms with Crippen molar-refractivity contribution in [3.63, 3.8) is 0 Å². The van der Waals surface area contributed by atoms with E-state index in [4.69, 9.17) is 4.55 Å². The molecule has 0 aromatic heterocycles. The summed E-state index contributed by atoms with van der Waals surface area (Å²) >= 11 is 0. The zero-order chi connectivity index (χ0) is 9.90. The molecule has 1 rings (SSSR count). The molecule has 0 heterocycles. The maximum atomic E-state index is 10.7. The zero-order valence-electron chi connectivity index (χ0n) is 7.14. The maximum absolute atomic E-state index is 10.7. The zero-order valence-corrected chi connectivity index (χ0v) is 7.95. The van der Waals surface area contributed by atoms with Crippen molar-refractivity contribution in [2.45, 2.75) is 11.8 Å². The minimum absolute atomic E-state index is 0.0805. The highest BCUT2D eigenvalue weighted by molar-refractivity contribution is 7.85. The minimum atomic E-state index is -4.08. The smallest absolute Gasteiger partial charge is 0.282 e. The lowest BCUT2D eigenvalue weighted by Crippen LogP contribution is -1.97. The molecule has 0 amide bonds. The van der Waals surface area contributed by atoms with E-state index in [9.17, 15) is 8.42 Å². The molecule has 3 nitrogen and oxygen atoms in total. The molecule has 0 fully saturated rings. The van der Waals surface area contributed by atoms with E-state index in [1.54, 1.807) is 24.3 Å². The number of hydrogen-bond donors (Lipinski definition) is 1. The van der Waals surface area contributed by atoms with Crippen LogP contribution in [0, 0.1) is 0 Å². The summed E-state index contributed by atoms with van der Waals surface area (Å²) in [6.07, 6.45) is 3.55. The van der Waals surface area contributed by atoms with Gasteiger partial charge in [-0.25, -0.2) is 0 Å². The van der Waals surface area contributed by atoms with Crippen LogP contribution in [-0.4, -0.2) is 13.0 Å². The molecule has 0 bridgehead atoms. The Labute approximate surface area is 77.5 Å². The summed E-state index contributed by atoms with van der Waals surface area (Å²) in [5, 5.41) is 0. The van der Waals surface area contributed by atoms with Crippen LogP contribution < -0.4 is 0 Å². The van der Waals surface area contributed by atoms with E-state index < -0.39 is 10.1 Å². The van der Waals surface area contributed by atoms with Crippen LogP contribution in [0.5, 0.6) is 0 Å². The van der Waals surface area contributed by atoms with Crippen molar-refractivity contribution in [3.8, 4) is 0 Å². The van der Waals surface area contributed by atoms with Crippen LogP contribution in [0.15, 0.2) is 35.2 Å². The Bertz CT molecular complexity index is 418. The average molecular weight is 198 g/mol. The number of rotatable bonds is 2. The van der Waals surface area contributed by atoms with Crippen LogP contribution in [0.3, 0.4) is 0 Å². The largest absolute Gasteiger partial charge is 0.294 e. The van der Waals surface area contributed by atoms with Crippen molar-refractivity contribution in [1.82, 2.24) is 0 Å². The molecule has 0 atom stereocenters. The van der Waals surface area contributed by atoms with Crippen LogP contribution in [-0.2, 0) is 10.1 Å². The number of allylic oxidation sites excluding steroid dienone is 1. The van der Waals surface area contributed by atoms with E-state index in [0.29, 0.717) is 0 Å². The van der Waals surface area contributed by atoms with E-state index in [-0.39, 0.29) is 4.90 Å². The standard InChI is InChI=1S/C9H10O3S/c1-2-4-8-5-3-6-9(7-8)13(10,11)12/h2-7H,1H3,(H,10,11,12). The predicted octanol–water partition coefficient (Wildman–Crippen LogP) is 1.97. The quantitative estimate of drug-likeness (QED) is 0.739. The highest BCUT2D eigenvalue weighted by atomic mass is 32.2. The van der Waals surface area contributed by atoms with Gasteiger partial charge in [-0.3, -0.25) is 4.55 Å². The van der Waals surface area contributed by atoms with Gasteiger partial charge >= 0.3 is 0 Å². The van der Waals surface area contributed by atoms with Crippen LogP contribution in [0.1, 0.15) is 12.5 Å². The van der Waals surface area contributed by atoms with Crippen molar-refractivity contribution in [2.75, 3.05) is 0 Å². The fourth-order valence-corrected chi connectivity index (χ4v) is 1.51. The molecule has 1 aromatic rings. The van der Waals surface area contributed by atoms with E-state index >= 15 is 0 Å². The molecule has 4 heteroatoms. The molecule has 0 aliphatic carbocycles. The molecule has 70 valence electrons. The summed E-state index contributed by atoms with van der Waals surface area (Å²) in [5.41, 5.74) is 0.748. The van der Waals surface area contributed by atoms with Gasteiger partial charge in [0.15, 0.2) is 0 Å². The normalized spacial score (nSPS) is 12.2. The lowest BCUT2D eigenvalue weighted by Gasteiger charge is -1.97. The lowest BCUT2D eigenvalue weighted by molar-refractivity contribution is 0.483. The van der Waals surface area contributed by atoms with E-state index in [1.165, 1.54) is 12.1 Å². The van der Waals surface area contributed by atoms with Gasteiger partial charge in [0.1, 0.15) is 0 Å². The fourth-order valence-electron chi connectivity index (χ4n) is 0.971. The van der Waals surface area contributed by atoms with Crippen molar-refractivity contribution in [3.05, 3.63) is 35.9 Å². The first-order valence-electron chi connectivity index (χ1n) is 3.74. The van der Waals surface area contributed by atoms with Gasteiger partial charge in [0.2, 0.25) is 0 Å². The first-order valence-corrected chi connectivity index (χ1v) is 5.18. The monoisotopic (exact) mass is 198 g/mol. The molecule has 13 heavy (non-hydrogen) atoms. The van der Waals surface area contributed by atoms with Crippen molar-refractivity contribution in [2.24, 2.45) is 0 Å². The molecule has 0 saturated carbocycles. The van der Waals surface area contributed by atoms with Gasteiger partial charge in [0, 0.05) is 0 Å². The summed E-state index contributed by atoms with van der Waals surface area (Å²) in [6.45, 7) is 1.83. The van der Waals surface area contributed by atoms with E-state index in [2.05, 4.69) is 0 Å². The summed E-state index contributed by atoms with van der Waals surface area (Å²) in [5.74, 6) is 0. The van der Waals surface area contributed by atoms with E-state index in [1.807, 2.05) is 6.92 Å². The maximum Gasteiger partial charge on any atom is 0.294 e. The molecule has 0 radical (unpaired) electrons. The summed E-state index contributed by atoms with van der Waals surface area (Å²) in [6, 6.07) is 6.10. The predicted molar refractivity (Wildman–Crippen MR) is 51.0 cm³/mol. The molecule has 0 spiro atoms. The third kappa shape index (κ3) is 2.68. The van der Waals surface area contributed by atoms with Crippen LogP contribution >= 0.6 is 0 Å². The molecule has 1 aromatic carbocycles. The molecule has 0 aliphatic rings. The van der Waals surface area contributed by atoms with Crippen molar-refractivity contribution >= 4 is 16.2 Å². The average Bonchev–Trinajstić information content (AvgIpc) is 2.04. The van der Waals surface area contributed by atoms with Crippen LogP contribution in [0.25, 0.3) is 6.08 Å². The van der Waals surface area contributed by atoms with Crippen LogP contribution in [0.2, 0.25) is 0 Å². The molecule has 1 N–H and O–H groups in total. The molecular formula is C9H10O3S. The first kappa shape index (κ1) is 9.95. The van der Waals surface area contributed by atoms with Gasteiger partial charge in [-0.15, -0.1) is 0 Å². The Hall–Kier alpha value is -1.13. The second kappa shape index (κ2) is 3.72. The fraction of sp³-hybridized carbons (Fsp3) is 0.111. The Morgan fingerprint density at radius 2 is 2.08 bits per heavy atom. The Kier molecular flexibility index (Phi) is 2.85. The second-order valence-corrected chi connectivity index (χ2v) is 3.97. The number of hydrogen-bond acceptors (Lipinski definition) is 2. The first-order chi connectivity index (χ1) is 6.04. The highest BCUT2D eigenvalue weighted by Crippen LogP contribution is 2.11. The van der Waals surface area contributed by atoms with Crippen LogP contribution in [0.4, 0.5) is 0 Å². The van der Waals surface area contributed by atoms with Gasteiger partial charge in [-0.2, -0.15) is 8.42 Å². The van der Waals surface area contributed by atoms with Gasteiger partial charge in [-0.1, -0.05) is 24.3 Å². The Balaban J connectivity index is 3.21. The topological polar surface area (TPSA) is 54.4 Å². The number of benzene rings is 1. The third-order valence-corrected chi connectivity index (χ3v) is 2.36. The molecule has 0 unspecified atom stereocenters. The van der Waals surface area contributed by atoms with Gasteiger partial charge in [-0.05, 0) is 24.6 Å². The lowest BCUT2D eigenvalue weighted by atomic mass is 10.2. The summed E-state index contributed by atoms with van der Waals surface area (Å²) in [4.78, 5) is -0.0805. The Morgan fingerprint density at radius 3 is 2.62 bits per heavy atom. The Morgan fingerprint density at radius 1 is 1.38 bits per heavy atom. The van der Waals surface area contributed by atoms with Crippen molar-refractivity contribution < 1.29 is 13.0 Å². The van der Waals surface area contributed by atoms with Gasteiger partial charge in [0.25, 0.3) is 10.1 Å².